The lowest BCUT2D eigenvalue weighted by Gasteiger charge is -2.37. The number of carbonyl (C=O) groups is 1. The minimum absolute atomic E-state index is 0.0309. The smallest absolute Gasteiger partial charge is 0.379 e. The number of amides is 1. The average Bonchev–Trinajstić information content (AvgIpc) is 2.88. The molecule has 2 aliphatic rings. The molecule has 0 unspecified atom stereocenters. The lowest BCUT2D eigenvalue weighted by atomic mass is 9.85. The quantitative estimate of drug-likeness (QED) is 0.753. The summed E-state index contributed by atoms with van der Waals surface area (Å²) in [6.07, 6.45) is -1.45. The second-order valence-corrected chi connectivity index (χ2v) is 8.34. The van der Waals surface area contributed by atoms with Gasteiger partial charge in [-0.3, -0.25) is 9.69 Å². The number of benzene rings is 2. The molecule has 2 aliphatic heterocycles. The van der Waals surface area contributed by atoms with E-state index in [1.807, 2.05) is 24.3 Å². The number of hydrogen-bond acceptors (Lipinski definition) is 3. The number of carbonyl (C=O) groups excluding carboxylic acids is 1. The molecule has 160 valence electrons. The van der Waals surface area contributed by atoms with Gasteiger partial charge in [-0.2, -0.15) is 13.2 Å². The molecule has 1 atom stereocenters. The van der Waals surface area contributed by atoms with Gasteiger partial charge in [-0.1, -0.05) is 36.4 Å². The van der Waals surface area contributed by atoms with Gasteiger partial charge in [-0.15, -0.1) is 0 Å². The van der Waals surface area contributed by atoms with Crippen molar-refractivity contribution in [2.24, 2.45) is 0 Å². The van der Waals surface area contributed by atoms with Gasteiger partial charge in [0.25, 0.3) is 0 Å². The first kappa shape index (κ1) is 20.7. The number of nitrogens with zero attached hydrogens (tertiary/aromatic N) is 1. The molecule has 0 radical (unpaired) electrons. The molecule has 30 heavy (non-hydrogen) atoms. The van der Waals surface area contributed by atoms with Crippen LogP contribution in [0.2, 0.25) is 0 Å². The van der Waals surface area contributed by atoms with Gasteiger partial charge in [0, 0.05) is 37.3 Å². The topological polar surface area (TPSA) is 44.4 Å². The van der Waals surface area contributed by atoms with E-state index in [0.29, 0.717) is 25.1 Å². The van der Waals surface area contributed by atoms with Crippen molar-refractivity contribution in [2.45, 2.75) is 50.5 Å². The maximum Gasteiger partial charge on any atom is 0.416 e. The number of nitrogens with one attached hydrogen (secondary N) is 2. The highest BCUT2D eigenvalue weighted by Gasteiger charge is 2.36. The summed E-state index contributed by atoms with van der Waals surface area (Å²) in [4.78, 5) is 14.7. The number of rotatable bonds is 2. The Balaban J connectivity index is 1.49. The van der Waals surface area contributed by atoms with E-state index in [1.165, 1.54) is 12.1 Å². The van der Waals surface area contributed by atoms with Crippen molar-refractivity contribution in [3.8, 4) is 0 Å². The normalized spacial score (nSPS) is 23.0. The van der Waals surface area contributed by atoms with Gasteiger partial charge in [-0.05, 0) is 49.1 Å². The number of anilines is 1. The standard InChI is InChI=1S/C23H26F3N3O/c24-23(25,26)19-7-3-5-17(13-19)16-29-11-4-9-22(10-12-29)14-21(30)27-15-18-6-1-2-8-20(18)28-22/h1-3,5-8,13,28H,4,9-12,14-16H2,(H,27,30)/t22-/m1/s1. The Labute approximate surface area is 174 Å². The molecule has 4 rings (SSSR count). The fraction of sp³-hybridized carbons (Fsp3) is 0.435. The second kappa shape index (κ2) is 8.30. The number of halogens is 3. The van der Waals surface area contributed by atoms with E-state index in [4.69, 9.17) is 0 Å². The highest BCUT2D eigenvalue weighted by atomic mass is 19.4. The van der Waals surface area contributed by atoms with Crippen LogP contribution in [-0.4, -0.2) is 29.4 Å². The van der Waals surface area contributed by atoms with Gasteiger partial charge < -0.3 is 10.6 Å². The predicted octanol–water partition coefficient (Wildman–Crippen LogP) is 4.56. The van der Waals surface area contributed by atoms with Crippen LogP contribution >= 0.6 is 0 Å². The van der Waals surface area contributed by atoms with Crippen LogP contribution in [0.15, 0.2) is 48.5 Å². The summed E-state index contributed by atoms with van der Waals surface area (Å²) in [7, 11) is 0. The van der Waals surface area contributed by atoms with Crippen molar-refractivity contribution in [3.05, 3.63) is 65.2 Å². The molecule has 0 saturated carbocycles. The average molecular weight is 417 g/mol. The van der Waals surface area contributed by atoms with E-state index < -0.39 is 11.7 Å². The molecule has 2 aromatic carbocycles. The Bertz CT molecular complexity index is 915. The zero-order valence-electron chi connectivity index (χ0n) is 16.8. The Kier molecular flexibility index (Phi) is 5.73. The maximum absolute atomic E-state index is 13.0. The van der Waals surface area contributed by atoms with Crippen LogP contribution in [-0.2, 0) is 24.1 Å². The van der Waals surface area contributed by atoms with E-state index in [-0.39, 0.29) is 11.4 Å². The summed E-state index contributed by atoms with van der Waals surface area (Å²) >= 11 is 0. The third-order valence-electron chi connectivity index (χ3n) is 6.09. The van der Waals surface area contributed by atoms with Crippen LogP contribution in [0.3, 0.4) is 0 Å². The predicted molar refractivity (Wildman–Crippen MR) is 110 cm³/mol. The number of fused-ring (bicyclic) bond motifs is 1. The van der Waals surface area contributed by atoms with Crippen molar-refractivity contribution in [3.63, 3.8) is 0 Å². The van der Waals surface area contributed by atoms with Crippen LogP contribution in [0.5, 0.6) is 0 Å². The zero-order valence-corrected chi connectivity index (χ0v) is 16.8. The van der Waals surface area contributed by atoms with Gasteiger partial charge in [0.15, 0.2) is 0 Å². The molecule has 1 fully saturated rings. The molecule has 0 aliphatic carbocycles. The first-order chi connectivity index (χ1) is 14.3. The molecule has 2 heterocycles. The molecule has 1 spiro atoms. The summed E-state index contributed by atoms with van der Waals surface area (Å²) < 4.78 is 39.1. The first-order valence-electron chi connectivity index (χ1n) is 10.3. The van der Waals surface area contributed by atoms with Crippen molar-refractivity contribution >= 4 is 11.6 Å². The number of alkyl halides is 3. The van der Waals surface area contributed by atoms with Crippen LogP contribution in [0.1, 0.15) is 42.4 Å². The molecule has 1 saturated heterocycles. The Morgan fingerprint density at radius 1 is 1.03 bits per heavy atom. The van der Waals surface area contributed by atoms with Crippen molar-refractivity contribution in [1.82, 2.24) is 10.2 Å². The Morgan fingerprint density at radius 3 is 2.70 bits per heavy atom. The van der Waals surface area contributed by atoms with Crippen LogP contribution in [0, 0.1) is 0 Å². The summed E-state index contributed by atoms with van der Waals surface area (Å²) in [6.45, 7) is 2.50. The summed E-state index contributed by atoms with van der Waals surface area (Å²) in [6, 6.07) is 13.6. The molecular weight excluding hydrogens is 391 g/mol. The molecular formula is C23H26F3N3O. The Morgan fingerprint density at radius 2 is 1.87 bits per heavy atom. The third-order valence-corrected chi connectivity index (χ3v) is 6.09. The van der Waals surface area contributed by atoms with E-state index in [9.17, 15) is 18.0 Å². The van der Waals surface area contributed by atoms with Crippen molar-refractivity contribution < 1.29 is 18.0 Å². The highest BCUT2D eigenvalue weighted by molar-refractivity contribution is 5.79. The highest BCUT2D eigenvalue weighted by Crippen LogP contribution is 2.34. The number of para-hydroxylation sites is 1. The zero-order chi connectivity index (χ0) is 21.2. The molecule has 2 aromatic rings. The van der Waals surface area contributed by atoms with Crippen LogP contribution < -0.4 is 10.6 Å². The number of hydrogen-bond donors (Lipinski definition) is 2. The van der Waals surface area contributed by atoms with E-state index in [1.54, 1.807) is 6.07 Å². The SMILES string of the molecule is O=C1C[C@]2(CCCN(Cc3cccc(C(F)(F)F)c3)CC2)Nc2ccccc2CN1. The summed E-state index contributed by atoms with van der Waals surface area (Å²) in [5, 5.41) is 6.67. The van der Waals surface area contributed by atoms with Crippen molar-refractivity contribution in [1.29, 1.82) is 0 Å². The fourth-order valence-electron chi connectivity index (χ4n) is 4.50. The lowest BCUT2D eigenvalue weighted by Crippen LogP contribution is -2.46. The van der Waals surface area contributed by atoms with Gasteiger partial charge >= 0.3 is 6.18 Å². The lowest BCUT2D eigenvalue weighted by molar-refractivity contribution is -0.137. The summed E-state index contributed by atoms with van der Waals surface area (Å²) in [5.41, 5.74) is 1.82. The number of likely N-dealkylation sites (tertiary alicyclic amines) is 1. The van der Waals surface area contributed by atoms with Gasteiger partial charge in [0.2, 0.25) is 5.91 Å². The molecule has 1 amide bonds. The fourth-order valence-corrected chi connectivity index (χ4v) is 4.50. The van der Waals surface area contributed by atoms with Crippen LogP contribution in [0.25, 0.3) is 0 Å². The minimum atomic E-state index is -4.33. The third kappa shape index (κ3) is 4.78. The molecule has 4 nitrogen and oxygen atoms in total. The van der Waals surface area contributed by atoms with E-state index in [0.717, 1.165) is 49.7 Å². The summed E-state index contributed by atoms with van der Waals surface area (Å²) in [5.74, 6) is 0.0309. The molecule has 7 heteroatoms. The second-order valence-electron chi connectivity index (χ2n) is 8.34. The first-order valence-corrected chi connectivity index (χ1v) is 10.3. The van der Waals surface area contributed by atoms with Gasteiger partial charge in [0.1, 0.15) is 0 Å². The largest absolute Gasteiger partial charge is 0.416 e. The van der Waals surface area contributed by atoms with E-state index >= 15 is 0 Å². The maximum atomic E-state index is 13.0. The molecule has 0 aromatic heterocycles. The monoisotopic (exact) mass is 417 g/mol. The van der Waals surface area contributed by atoms with Gasteiger partial charge in [0.05, 0.1) is 5.56 Å². The molecule has 2 N–H and O–H groups in total. The van der Waals surface area contributed by atoms with Crippen molar-refractivity contribution in [2.75, 3.05) is 18.4 Å². The van der Waals surface area contributed by atoms with Crippen LogP contribution in [0.4, 0.5) is 18.9 Å². The Hall–Kier alpha value is -2.54. The van der Waals surface area contributed by atoms with Gasteiger partial charge in [-0.25, -0.2) is 0 Å². The minimum Gasteiger partial charge on any atom is -0.379 e. The van der Waals surface area contributed by atoms with E-state index in [2.05, 4.69) is 15.5 Å². The molecule has 0 bridgehead atoms.